The molecule has 0 saturated heterocycles. The minimum atomic E-state index is -0.208. The number of benzene rings is 1. The zero-order chi connectivity index (χ0) is 9.14. The third-order valence-electron chi connectivity index (χ3n) is 1.78. The number of rotatable bonds is 2. The highest BCUT2D eigenvalue weighted by atomic mass is 35.5. The molecule has 1 aromatic rings. The van der Waals surface area contributed by atoms with Gasteiger partial charge in [-0.2, -0.15) is 0 Å². The fourth-order valence-corrected chi connectivity index (χ4v) is 1.17. The highest BCUT2D eigenvalue weighted by Gasteiger charge is 2.05. The van der Waals surface area contributed by atoms with E-state index in [2.05, 4.69) is 0 Å². The number of nitrogens with two attached hydrogens (primary N) is 1. The van der Waals surface area contributed by atoms with Gasteiger partial charge in [0, 0.05) is 11.9 Å². The molecule has 0 spiro atoms. The van der Waals surface area contributed by atoms with Crippen molar-refractivity contribution in [1.29, 1.82) is 0 Å². The van der Waals surface area contributed by atoms with E-state index in [4.69, 9.17) is 17.3 Å². The lowest BCUT2D eigenvalue weighted by Gasteiger charge is -2.08. The molecule has 1 nitrogen and oxygen atoms in total. The predicted molar refractivity (Wildman–Crippen MR) is 48.8 cm³/mol. The van der Waals surface area contributed by atoms with Gasteiger partial charge >= 0.3 is 0 Å². The number of halogens is 2. The highest BCUT2D eigenvalue weighted by Crippen LogP contribution is 2.15. The molecule has 0 aromatic heterocycles. The third-order valence-corrected chi connectivity index (χ3v) is 2.11. The summed E-state index contributed by atoms with van der Waals surface area (Å²) >= 11 is 5.56. The van der Waals surface area contributed by atoms with Gasteiger partial charge in [-0.1, -0.05) is 12.1 Å². The van der Waals surface area contributed by atoms with Crippen LogP contribution in [0.4, 0.5) is 4.39 Å². The van der Waals surface area contributed by atoms with Crippen LogP contribution in [0, 0.1) is 12.7 Å². The van der Waals surface area contributed by atoms with Crippen LogP contribution < -0.4 is 5.73 Å². The smallest absolute Gasteiger partial charge is 0.126 e. The van der Waals surface area contributed by atoms with Gasteiger partial charge < -0.3 is 5.73 Å². The average molecular weight is 188 g/mol. The minimum absolute atomic E-state index is 0.203. The van der Waals surface area contributed by atoms with E-state index in [9.17, 15) is 4.39 Å². The molecular formula is C9H11ClFN. The fraction of sp³-hybridized carbons (Fsp3) is 0.333. The Morgan fingerprint density at radius 1 is 1.58 bits per heavy atom. The average Bonchev–Trinajstić information content (AvgIpc) is 2.08. The van der Waals surface area contributed by atoms with Crippen molar-refractivity contribution in [3.05, 3.63) is 35.1 Å². The Hall–Kier alpha value is -0.600. The molecule has 0 aliphatic rings. The Morgan fingerprint density at radius 3 is 2.75 bits per heavy atom. The van der Waals surface area contributed by atoms with Gasteiger partial charge in [-0.15, -0.1) is 11.6 Å². The number of aryl methyl sites for hydroxylation is 1. The molecule has 0 saturated carbocycles. The summed E-state index contributed by atoms with van der Waals surface area (Å²) in [4.78, 5) is 0. The molecule has 0 bridgehead atoms. The first-order chi connectivity index (χ1) is 5.65. The van der Waals surface area contributed by atoms with Crippen molar-refractivity contribution in [2.45, 2.75) is 13.0 Å². The second-order valence-corrected chi connectivity index (χ2v) is 3.08. The summed E-state index contributed by atoms with van der Waals surface area (Å²) in [6.07, 6.45) is 0. The molecule has 0 fully saturated rings. The van der Waals surface area contributed by atoms with E-state index >= 15 is 0 Å². The van der Waals surface area contributed by atoms with Crippen LogP contribution in [0.2, 0.25) is 0 Å². The summed E-state index contributed by atoms with van der Waals surface area (Å²) < 4.78 is 12.8. The van der Waals surface area contributed by atoms with Crippen LogP contribution in [0.25, 0.3) is 0 Å². The maximum absolute atomic E-state index is 12.8. The Morgan fingerprint density at radius 2 is 2.25 bits per heavy atom. The van der Waals surface area contributed by atoms with Gasteiger partial charge in [-0.05, 0) is 24.1 Å². The first-order valence-electron chi connectivity index (χ1n) is 3.72. The maximum atomic E-state index is 12.8. The molecule has 1 atom stereocenters. The third kappa shape index (κ3) is 1.96. The first-order valence-corrected chi connectivity index (χ1v) is 4.26. The molecule has 1 rings (SSSR count). The molecule has 1 aromatic carbocycles. The molecule has 0 radical (unpaired) electrons. The number of hydrogen-bond donors (Lipinski definition) is 1. The van der Waals surface area contributed by atoms with Crippen molar-refractivity contribution in [3.63, 3.8) is 0 Å². The Kier molecular flexibility index (Phi) is 3.06. The summed E-state index contributed by atoms with van der Waals surface area (Å²) in [6, 6.07) is 4.60. The van der Waals surface area contributed by atoms with Crippen molar-refractivity contribution in [2.75, 3.05) is 5.88 Å². The van der Waals surface area contributed by atoms with Crippen LogP contribution in [-0.4, -0.2) is 5.88 Å². The SMILES string of the molecule is Cc1cc(C(N)CCl)ccc1F. The van der Waals surface area contributed by atoms with Gasteiger partial charge in [-0.25, -0.2) is 4.39 Å². The molecule has 0 heterocycles. The lowest BCUT2D eigenvalue weighted by molar-refractivity contribution is 0.616. The molecule has 0 aliphatic carbocycles. The van der Waals surface area contributed by atoms with Crippen LogP contribution in [0.15, 0.2) is 18.2 Å². The molecule has 2 N–H and O–H groups in total. The van der Waals surface area contributed by atoms with Gasteiger partial charge in [0.05, 0.1) is 0 Å². The largest absolute Gasteiger partial charge is 0.323 e. The van der Waals surface area contributed by atoms with E-state index in [0.717, 1.165) is 5.56 Å². The van der Waals surface area contributed by atoms with Crippen LogP contribution in [0.5, 0.6) is 0 Å². The topological polar surface area (TPSA) is 26.0 Å². The van der Waals surface area contributed by atoms with Gasteiger partial charge in [0.15, 0.2) is 0 Å². The Bertz CT molecular complexity index is 275. The molecule has 3 heteroatoms. The van der Waals surface area contributed by atoms with Crippen LogP contribution in [-0.2, 0) is 0 Å². The van der Waals surface area contributed by atoms with E-state index in [0.29, 0.717) is 11.4 Å². The standard InChI is InChI=1S/C9H11ClFN/c1-6-4-7(9(12)5-10)2-3-8(6)11/h2-4,9H,5,12H2,1H3. The second kappa shape index (κ2) is 3.87. The zero-order valence-electron chi connectivity index (χ0n) is 6.85. The Labute approximate surface area is 76.3 Å². The van der Waals surface area contributed by atoms with E-state index in [1.54, 1.807) is 19.1 Å². The van der Waals surface area contributed by atoms with Gasteiger partial charge in [0.1, 0.15) is 5.82 Å². The predicted octanol–water partition coefficient (Wildman–Crippen LogP) is 2.37. The molecule has 0 aliphatic heterocycles. The van der Waals surface area contributed by atoms with E-state index < -0.39 is 0 Å². The summed E-state index contributed by atoms with van der Waals surface area (Å²) in [5.41, 5.74) is 7.14. The lowest BCUT2D eigenvalue weighted by atomic mass is 10.1. The second-order valence-electron chi connectivity index (χ2n) is 2.77. The van der Waals surface area contributed by atoms with Gasteiger partial charge in [0.25, 0.3) is 0 Å². The maximum Gasteiger partial charge on any atom is 0.126 e. The van der Waals surface area contributed by atoms with Crippen LogP contribution >= 0.6 is 11.6 Å². The van der Waals surface area contributed by atoms with Crippen molar-refractivity contribution < 1.29 is 4.39 Å². The van der Waals surface area contributed by atoms with Gasteiger partial charge in [-0.3, -0.25) is 0 Å². The van der Waals surface area contributed by atoms with E-state index in [1.165, 1.54) is 6.07 Å². The monoisotopic (exact) mass is 187 g/mol. The minimum Gasteiger partial charge on any atom is -0.323 e. The number of alkyl halides is 1. The fourth-order valence-electron chi connectivity index (χ4n) is 0.988. The normalized spacial score (nSPS) is 13.0. The van der Waals surface area contributed by atoms with E-state index in [-0.39, 0.29) is 11.9 Å². The van der Waals surface area contributed by atoms with Crippen molar-refractivity contribution >= 4 is 11.6 Å². The summed E-state index contributed by atoms with van der Waals surface area (Å²) in [5, 5.41) is 0. The molecule has 0 amide bonds. The Balaban J connectivity index is 2.96. The summed E-state index contributed by atoms with van der Waals surface area (Å²) in [7, 11) is 0. The molecular weight excluding hydrogens is 177 g/mol. The summed E-state index contributed by atoms with van der Waals surface area (Å²) in [6.45, 7) is 1.71. The zero-order valence-corrected chi connectivity index (χ0v) is 7.61. The van der Waals surface area contributed by atoms with Crippen LogP contribution in [0.3, 0.4) is 0 Å². The van der Waals surface area contributed by atoms with Crippen molar-refractivity contribution in [3.8, 4) is 0 Å². The summed E-state index contributed by atoms with van der Waals surface area (Å²) in [5.74, 6) is 0.144. The highest BCUT2D eigenvalue weighted by molar-refractivity contribution is 6.18. The molecule has 1 unspecified atom stereocenters. The molecule has 12 heavy (non-hydrogen) atoms. The molecule has 66 valence electrons. The van der Waals surface area contributed by atoms with Crippen molar-refractivity contribution in [1.82, 2.24) is 0 Å². The number of hydrogen-bond acceptors (Lipinski definition) is 1. The first kappa shape index (κ1) is 9.49. The lowest BCUT2D eigenvalue weighted by Crippen LogP contribution is -2.11. The van der Waals surface area contributed by atoms with Crippen LogP contribution in [0.1, 0.15) is 17.2 Å². The van der Waals surface area contributed by atoms with E-state index in [1.807, 2.05) is 0 Å². The quantitative estimate of drug-likeness (QED) is 0.707. The van der Waals surface area contributed by atoms with Crippen molar-refractivity contribution in [2.24, 2.45) is 5.73 Å². The van der Waals surface area contributed by atoms with Gasteiger partial charge in [0.2, 0.25) is 0 Å².